The van der Waals surface area contributed by atoms with Gasteiger partial charge < -0.3 is 11.1 Å². The molecule has 78 valence electrons. The van der Waals surface area contributed by atoms with Gasteiger partial charge in [0.25, 0.3) is 0 Å². The molecule has 1 fully saturated rings. The zero-order chi connectivity index (χ0) is 10.8. The molecule has 0 aromatic heterocycles. The molecule has 0 heterocycles. The van der Waals surface area contributed by atoms with Crippen molar-refractivity contribution in [3.63, 3.8) is 0 Å². The standard InChI is InChI=1S/C12H15N3/c1-8-4-10(5-8)15-12-6-9(7-13)2-3-11(12)14/h2-3,6,8,10,15H,4-5,14H2,1H3. The molecule has 1 aromatic carbocycles. The van der Waals surface area contributed by atoms with Crippen LogP contribution in [0.15, 0.2) is 18.2 Å². The van der Waals surface area contributed by atoms with Gasteiger partial charge in [0, 0.05) is 6.04 Å². The zero-order valence-electron chi connectivity index (χ0n) is 8.83. The third-order valence-electron chi connectivity index (χ3n) is 2.92. The molecule has 1 aromatic rings. The number of nitrogen functional groups attached to an aromatic ring is 1. The van der Waals surface area contributed by atoms with Gasteiger partial charge in [0.15, 0.2) is 0 Å². The summed E-state index contributed by atoms with van der Waals surface area (Å²) in [6, 6.07) is 7.98. The third kappa shape index (κ3) is 2.04. The topological polar surface area (TPSA) is 61.8 Å². The second kappa shape index (κ2) is 3.82. The summed E-state index contributed by atoms with van der Waals surface area (Å²) in [6.45, 7) is 2.24. The van der Waals surface area contributed by atoms with E-state index in [9.17, 15) is 0 Å². The summed E-state index contributed by atoms with van der Waals surface area (Å²) in [6.07, 6.45) is 2.38. The second-order valence-electron chi connectivity index (χ2n) is 4.33. The highest BCUT2D eigenvalue weighted by Gasteiger charge is 2.25. The van der Waals surface area contributed by atoms with Gasteiger partial charge >= 0.3 is 0 Å². The number of nitrogens with two attached hydrogens (primary N) is 1. The van der Waals surface area contributed by atoms with Crippen LogP contribution in [-0.2, 0) is 0 Å². The summed E-state index contributed by atoms with van der Waals surface area (Å²) in [5, 5.41) is 12.2. The first-order valence-electron chi connectivity index (χ1n) is 5.25. The number of rotatable bonds is 2. The van der Waals surface area contributed by atoms with E-state index in [-0.39, 0.29) is 0 Å². The van der Waals surface area contributed by atoms with Crippen LogP contribution in [0.4, 0.5) is 11.4 Å². The fourth-order valence-electron chi connectivity index (χ4n) is 1.99. The Hall–Kier alpha value is -1.69. The normalized spacial score (nSPS) is 24.0. The smallest absolute Gasteiger partial charge is 0.0992 e. The molecule has 3 heteroatoms. The maximum atomic E-state index is 8.78. The molecule has 0 spiro atoms. The molecule has 3 nitrogen and oxygen atoms in total. The molecular formula is C12H15N3. The summed E-state index contributed by atoms with van der Waals surface area (Å²) in [4.78, 5) is 0. The lowest BCUT2D eigenvalue weighted by Crippen LogP contribution is -2.34. The molecule has 0 bridgehead atoms. The Bertz CT molecular complexity index is 400. The van der Waals surface area contributed by atoms with Gasteiger partial charge in [-0.15, -0.1) is 0 Å². The lowest BCUT2D eigenvalue weighted by molar-refractivity contribution is 0.309. The van der Waals surface area contributed by atoms with E-state index < -0.39 is 0 Å². The zero-order valence-corrected chi connectivity index (χ0v) is 8.83. The number of nitrogens with one attached hydrogen (secondary N) is 1. The molecule has 0 amide bonds. The molecule has 1 aliphatic carbocycles. The van der Waals surface area contributed by atoms with Crippen molar-refractivity contribution < 1.29 is 0 Å². The molecule has 15 heavy (non-hydrogen) atoms. The van der Waals surface area contributed by atoms with Crippen LogP contribution >= 0.6 is 0 Å². The minimum atomic E-state index is 0.524. The van der Waals surface area contributed by atoms with Gasteiger partial charge in [0.1, 0.15) is 0 Å². The number of benzene rings is 1. The second-order valence-corrected chi connectivity index (χ2v) is 4.33. The molecule has 3 N–H and O–H groups in total. The average Bonchev–Trinajstić information content (AvgIpc) is 2.19. The molecule has 2 rings (SSSR count). The van der Waals surface area contributed by atoms with Gasteiger partial charge in [-0.1, -0.05) is 6.92 Å². The van der Waals surface area contributed by atoms with E-state index in [0.29, 0.717) is 17.3 Å². The van der Waals surface area contributed by atoms with Gasteiger partial charge in [-0.2, -0.15) is 5.26 Å². The van der Waals surface area contributed by atoms with E-state index in [2.05, 4.69) is 18.3 Å². The third-order valence-corrected chi connectivity index (χ3v) is 2.92. The largest absolute Gasteiger partial charge is 0.397 e. The van der Waals surface area contributed by atoms with Gasteiger partial charge in [0.2, 0.25) is 0 Å². The Balaban J connectivity index is 2.10. The van der Waals surface area contributed by atoms with E-state index in [1.54, 1.807) is 12.1 Å². The first-order valence-corrected chi connectivity index (χ1v) is 5.25. The van der Waals surface area contributed by atoms with Gasteiger partial charge in [-0.3, -0.25) is 0 Å². The van der Waals surface area contributed by atoms with Crippen LogP contribution in [0.25, 0.3) is 0 Å². The maximum absolute atomic E-state index is 8.78. The molecule has 1 aliphatic rings. The highest BCUT2D eigenvalue weighted by molar-refractivity contribution is 5.68. The SMILES string of the molecule is CC1CC(Nc2cc(C#N)ccc2N)C1. The highest BCUT2D eigenvalue weighted by Crippen LogP contribution is 2.31. The van der Waals surface area contributed by atoms with Crippen molar-refractivity contribution in [2.24, 2.45) is 5.92 Å². The summed E-state index contributed by atoms with van der Waals surface area (Å²) in [5.41, 5.74) is 8.10. The van der Waals surface area contributed by atoms with Crippen molar-refractivity contribution >= 4 is 11.4 Å². The summed E-state index contributed by atoms with van der Waals surface area (Å²) < 4.78 is 0. The maximum Gasteiger partial charge on any atom is 0.0992 e. The Kier molecular flexibility index (Phi) is 2.51. The van der Waals surface area contributed by atoms with Gasteiger partial charge in [0.05, 0.1) is 23.0 Å². The molecule has 1 saturated carbocycles. The Morgan fingerprint density at radius 3 is 2.80 bits per heavy atom. The minimum absolute atomic E-state index is 0.524. The molecule has 0 radical (unpaired) electrons. The van der Waals surface area contributed by atoms with E-state index in [1.807, 2.05) is 6.07 Å². The lowest BCUT2D eigenvalue weighted by atomic mass is 9.82. The van der Waals surface area contributed by atoms with Crippen LogP contribution in [0.3, 0.4) is 0 Å². The number of nitrogens with zero attached hydrogens (tertiary/aromatic N) is 1. The number of anilines is 2. The fraction of sp³-hybridized carbons (Fsp3) is 0.417. The summed E-state index contributed by atoms with van der Waals surface area (Å²) in [5.74, 6) is 0.808. The fourth-order valence-corrected chi connectivity index (χ4v) is 1.99. The number of hydrogen-bond acceptors (Lipinski definition) is 3. The number of hydrogen-bond donors (Lipinski definition) is 2. The first kappa shape index (κ1) is 9.85. The van der Waals surface area contributed by atoms with Crippen molar-refractivity contribution in [1.29, 1.82) is 5.26 Å². The van der Waals surface area contributed by atoms with Crippen molar-refractivity contribution in [3.8, 4) is 6.07 Å². The average molecular weight is 201 g/mol. The van der Waals surface area contributed by atoms with Crippen LogP contribution in [-0.4, -0.2) is 6.04 Å². The Morgan fingerprint density at radius 1 is 1.47 bits per heavy atom. The van der Waals surface area contributed by atoms with Crippen LogP contribution in [0.5, 0.6) is 0 Å². The molecule has 0 atom stereocenters. The summed E-state index contributed by atoms with van der Waals surface area (Å²) >= 11 is 0. The molecule has 0 saturated heterocycles. The molecule has 0 unspecified atom stereocenters. The summed E-state index contributed by atoms with van der Waals surface area (Å²) in [7, 11) is 0. The first-order chi connectivity index (χ1) is 7.19. The van der Waals surface area contributed by atoms with E-state index in [4.69, 9.17) is 11.0 Å². The Labute approximate surface area is 89.9 Å². The van der Waals surface area contributed by atoms with Crippen molar-refractivity contribution in [2.75, 3.05) is 11.1 Å². The molecular weight excluding hydrogens is 186 g/mol. The van der Waals surface area contributed by atoms with Gasteiger partial charge in [-0.05, 0) is 37.0 Å². The minimum Gasteiger partial charge on any atom is -0.397 e. The van der Waals surface area contributed by atoms with Crippen LogP contribution < -0.4 is 11.1 Å². The quantitative estimate of drug-likeness (QED) is 0.722. The van der Waals surface area contributed by atoms with E-state index >= 15 is 0 Å². The Morgan fingerprint density at radius 2 is 2.20 bits per heavy atom. The van der Waals surface area contributed by atoms with E-state index in [0.717, 1.165) is 11.6 Å². The highest BCUT2D eigenvalue weighted by atomic mass is 15.0. The number of nitriles is 1. The molecule has 0 aliphatic heterocycles. The van der Waals surface area contributed by atoms with Crippen LogP contribution in [0.1, 0.15) is 25.3 Å². The predicted octanol–water partition coefficient (Wildman–Crippen LogP) is 2.35. The monoisotopic (exact) mass is 201 g/mol. The van der Waals surface area contributed by atoms with Crippen molar-refractivity contribution in [1.82, 2.24) is 0 Å². The van der Waals surface area contributed by atoms with Gasteiger partial charge in [-0.25, -0.2) is 0 Å². The van der Waals surface area contributed by atoms with Crippen molar-refractivity contribution in [3.05, 3.63) is 23.8 Å². The van der Waals surface area contributed by atoms with Crippen molar-refractivity contribution in [2.45, 2.75) is 25.8 Å². The van der Waals surface area contributed by atoms with E-state index in [1.165, 1.54) is 12.8 Å². The van der Waals surface area contributed by atoms with Crippen LogP contribution in [0, 0.1) is 17.2 Å². The predicted molar refractivity (Wildman–Crippen MR) is 61.4 cm³/mol. The lowest BCUT2D eigenvalue weighted by Gasteiger charge is -2.34. The van der Waals surface area contributed by atoms with Crippen LogP contribution in [0.2, 0.25) is 0 Å².